The Balaban J connectivity index is 3.36. The number of hydrogen-bond acceptors (Lipinski definition) is 8. The summed E-state index contributed by atoms with van der Waals surface area (Å²) in [5.74, 6) is -2.28. The Morgan fingerprint density at radius 3 is 2.41 bits per heavy atom. The van der Waals surface area contributed by atoms with Gasteiger partial charge in [0, 0.05) is 6.54 Å². The van der Waals surface area contributed by atoms with E-state index < -0.39 is 61.3 Å². The third-order valence-corrected chi connectivity index (χ3v) is 4.45. The van der Waals surface area contributed by atoms with E-state index in [1.165, 1.54) is 0 Å². The number of nitrogens with zero attached hydrogens (tertiary/aromatic N) is 1. The highest BCUT2D eigenvalue weighted by Crippen LogP contribution is 2.24. The smallest absolute Gasteiger partial charge is 0.408 e. The van der Waals surface area contributed by atoms with Crippen molar-refractivity contribution in [1.29, 1.82) is 0 Å². The average Bonchev–Trinajstić information content (AvgIpc) is 2.79. The highest BCUT2D eigenvalue weighted by Gasteiger charge is 2.36. The van der Waals surface area contributed by atoms with E-state index in [0.717, 1.165) is 12.0 Å². The summed E-state index contributed by atoms with van der Waals surface area (Å²) in [6.45, 7) is 6.53. The van der Waals surface area contributed by atoms with Gasteiger partial charge < -0.3 is 35.2 Å². The van der Waals surface area contributed by atoms with E-state index in [0.29, 0.717) is 11.1 Å². The van der Waals surface area contributed by atoms with Gasteiger partial charge in [-0.15, -0.1) is 0 Å². The van der Waals surface area contributed by atoms with Crippen molar-refractivity contribution >= 4 is 30.0 Å². The number of nitrogens with one attached hydrogen (secondary N) is 2. The van der Waals surface area contributed by atoms with E-state index in [2.05, 4.69) is 21.9 Å². The van der Waals surface area contributed by atoms with Crippen LogP contribution >= 0.6 is 0 Å². The third-order valence-electron chi connectivity index (χ3n) is 4.45. The van der Waals surface area contributed by atoms with Crippen LogP contribution in [0.15, 0.2) is 30.8 Å². The second kappa shape index (κ2) is 13.3. The number of ether oxygens (including phenoxy) is 2. The van der Waals surface area contributed by atoms with Gasteiger partial charge in [0.05, 0.1) is 20.3 Å². The molecule has 2 unspecified atom stereocenters. The molecule has 0 spiro atoms. The van der Waals surface area contributed by atoms with Crippen molar-refractivity contribution in [2.45, 2.75) is 38.5 Å². The van der Waals surface area contributed by atoms with Gasteiger partial charge in [0.25, 0.3) is 0 Å². The van der Waals surface area contributed by atoms with Crippen LogP contribution in [-0.2, 0) is 23.9 Å². The van der Waals surface area contributed by atoms with Crippen LogP contribution in [0.2, 0.25) is 0 Å². The Labute approximate surface area is 198 Å². The highest BCUT2D eigenvalue weighted by molar-refractivity contribution is 5.93. The van der Waals surface area contributed by atoms with Gasteiger partial charge in [-0.3, -0.25) is 14.4 Å². The number of esters is 1. The number of amides is 3. The Kier molecular flexibility index (Phi) is 11.2. The quantitative estimate of drug-likeness (QED) is 0.332. The summed E-state index contributed by atoms with van der Waals surface area (Å²) in [4.78, 5) is 51.1. The molecular formula is C23H33N3O8. The molecule has 0 aliphatic rings. The van der Waals surface area contributed by atoms with Crippen LogP contribution < -0.4 is 10.6 Å². The van der Waals surface area contributed by atoms with Gasteiger partial charge in [-0.1, -0.05) is 30.9 Å². The number of carbonyl (C=O) groups is 4. The zero-order valence-electron chi connectivity index (χ0n) is 19.9. The first kappa shape index (κ1) is 28.6. The molecule has 1 rings (SSSR count). The van der Waals surface area contributed by atoms with E-state index in [9.17, 15) is 29.4 Å². The maximum absolute atomic E-state index is 13.3. The largest absolute Gasteiger partial charge is 0.468 e. The maximum atomic E-state index is 13.3. The summed E-state index contributed by atoms with van der Waals surface area (Å²) in [6, 6.07) is 3.82. The average molecular weight is 480 g/mol. The molecule has 4 N–H and O–H groups in total. The molecular weight excluding hydrogens is 446 g/mol. The standard InChI is InChI=1S/C23H33N3O8/c1-6-15-8-7-9-16(12-15)19(20(30)24-13-18(29)33-5)26(10-11-27)21(31)17(14-28)25-22(32)34-23(2,3)4/h6-9,12,17,19,27-28H,1,10-11,13-14H2,2-5H3,(H,24,30)(H,25,32). The van der Waals surface area contributed by atoms with Crippen molar-refractivity contribution in [3.05, 3.63) is 42.0 Å². The van der Waals surface area contributed by atoms with Crippen LogP contribution in [0.3, 0.4) is 0 Å². The lowest BCUT2D eigenvalue weighted by atomic mass is 10.0. The molecule has 188 valence electrons. The minimum Gasteiger partial charge on any atom is -0.468 e. The van der Waals surface area contributed by atoms with Crippen molar-refractivity contribution in [3.63, 3.8) is 0 Å². The Morgan fingerprint density at radius 1 is 1.21 bits per heavy atom. The fourth-order valence-electron chi connectivity index (χ4n) is 2.97. The number of aliphatic hydroxyl groups excluding tert-OH is 2. The number of rotatable bonds is 11. The first-order chi connectivity index (χ1) is 16.0. The first-order valence-corrected chi connectivity index (χ1v) is 10.6. The van der Waals surface area contributed by atoms with E-state index >= 15 is 0 Å². The van der Waals surface area contributed by atoms with Crippen LogP contribution in [-0.4, -0.2) is 84.0 Å². The van der Waals surface area contributed by atoms with E-state index in [-0.39, 0.29) is 6.54 Å². The molecule has 1 aromatic rings. The number of aliphatic hydroxyl groups is 2. The van der Waals surface area contributed by atoms with Crippen molar-refractivity contribution < 1.29 is 38.9 Å². The zero-order chi connectivity index (χ0) is 25.9. The van der Waals surface area contributed by atoms with E-state index in [1.54, 1.807) is 51.1 Å². The number of hydrogen-bond donors (Lipinski definition) is 4. The maximum Gasteiger partial charge on any atom is 0.408 e. The Bertz CT molecular complexity index is 881. The Morgan fingerprint density at radius 2 is 1.88 bits per heavy atom. The summed E-state index contributed by atoms with van der Waals surface area (Å²) in [7, 11) is 1.16. The lowest BCUT2D eigenvalue weighted by Gasteiger charge is -2.33. The lowest BCUT2D eigenvalue weighted by Crippen LogP contribution is -2.55. The number of methoxy groups -OCH3 is 1. The zero-order valence-corrected chi connectivity index (χ0v) is 19.9. The molecule has 3 amide bonds. The molecule has 11 heteroatoms. The summed E-state index contributed by atoms with van der Waals surface area (Å²) >= 11 is 0. The monoisotopic (exact) mass is 479 g/mol. The van der Waals surface area contributed by atoms with Gasteiger partial charge in [-0.25, -0.2) is 4.79 Å². The predicted molar refractivity (Wildman–Crippen MR) is 123 cm³/mol. The van der Waals surface area contributed by atoms with Crippen LogP contribution in [0.5, 0.6) is 0 Å². The molecule has 0 aliphatic heterocycles. The van der Waals surface area contributed by atoms with Gasteiger partial charge in [-0.2, -0.15) is 0 Å². The molecule has 11 nitrogen and oxygen atoms in total. The van der Waals surface area contributed by atoms with Gasteiger partial charge in [0.2, 0.25) is 11.8 Å². The predicted octanol–water partition coefficient (Wildman–Crippen LogP) is 0.366. The molecule has 0 aliphatic carbocycles. The summed E-state index contributed by atoms with van der Waals surface area (Å²) in [5, 5.41) is 24.1. The Hall–Kier alpha value is -3.44. The second-order valence-corrected chi connectivity index (χ2v) is 8.21. The molecule has 1 aromatic carbocycles. The first-order valence-electron chi connectivity index (χ1n) is 10.6. The minimum absolute atomic E-state index is 0.306. The highest BCUT2D eigenvalue weighted by atomic mass is 16.6. The molecule has 0 saturated heterocycles. The van der Waals surface area contributed by atoms with Crippen molar-refractivity contribution in [2.24, 2.45) is 0 Å². The number of benzene rings is 1. The van der Waals surface area contributed by atoms with Gasteiger partial charge >= 0.3 is 12.1 Å². The van der Waals surface area contributed by atoms with Crippen molar-refractivity contribution in [2.75, 3.05) is 33.4 Å². The molecule has 0 saturated carbocycles. The van der Waals surface area contributed by atoms with Gasteiger partial charge in [0.15, 0.2) is 0 Å². The molecule has 0 radical (unpaired) electrons. The molecule has 0 bridgehead atoms. The normalized spacial score (nSPS) is 12.6. The van der Waals surface area contributed by atoms with Crippen LogP contribution in [0.4, 0.5) is 4.79 Å². The minimum atomic E-state index is -1.46. The van der Waals surface area contributed by atoms with E-state index in [1.807, 2.05) is 0 Å². The van der Waals surface area contributed by atoms with Crippen LogP contribution in [0, 0.1) is 0 Å². The third kappa shape index (κ3) is 8.83. The van der Waals surface area contributed by atoms with Crippen LogP contribution in [0.25, 0.3) is 6.08 Å². The van der Waals surface area contributed by atoms with Gasteiger partial charge in [0.1, 0.15) is 24.2 Å². The summed E-state index contributed by atoms with van der Waals surface area (Å²) in [6.07, 6.45) is 0.607. The molecule has 2 atom stereocenters. The second-order valence-electron chi connectivity index (χ2n) is 8.21. The number of alkyl carbamates (subject to hydrolysis) is 1. The topological polar surface area (TPSA) is 154 Å². The van der Waals surface area contributed by atoms with Crippen LogP contribution in [0.1, 0.15) is 37.9 Å². The van der Waals surface area contributed by atoms with Crippen molar-refractivity contribution in [1.82, 2.24) is 15.5 Å². The summed E-state index contributed by atoms with van der Waals surface area (Å²) in [5.41, 5.74) is 0.167. The molecule has 34 heavy (non-hydrogen) atoms. The number of carbonyl (C=O) groups excluding carboxylic acids is 4. The van der Waals surface area contributed by atoms with E-state index in [4.69, 9.17) is 4.74 Å². The fourth-order valence-corrected chi connectivity index (χ4v) is 2.97. The fraction of sp³-hybridized carbons (Fsp3) is 0.478. The summed E-state index contributed by atoms with van der Waals surface area (Å²) < 4.78 is 9.67. The molecule has 0 fully saturated rings. The molecule has 0 heterocycles. The van der Waals surface area contributed by atoms with Gasteiger partial charge in [-0.05, 0) is 38.0 Å². The van der Waals surface area contributed by atoms with Crippen molar-refractivity contribution in [3.8, 4) is 0 Å². The molecule has 0 aromatic heterocycles. The lowest BCUT2D eigenvalue weighted by molar-refractivity contribution is -0.145. The SMILES string of the molecule is C=Cc1cccc(C(C(=O)NCC(=O)OC)N(CCO)C(=O)C(CO)NC(=O)OC(C)(C)C)c1.